The Morgan fingerprint density at radius 1 is 1.21 bits per heavy atom. The fraction of sp³-hybridized carbons (Fsp3) is 0.167. The van der Waals surface area contributed by atoms with Gasteiger partial charge in [-0.25, -0.2) is 13.1 Å². The molecule has 102 valence electrons. The number of hydrogen-bond donors (Lipinski definition) is 1. The van der Waals surface area contributed by atoms with Crippen molar-refractivity contribution in [3.8, 4) is 0 Å². The zero-order valence-corrected chi connectivity index (χ0v) is 13.7. The Balaban J connectivity index is 2.01. The van der Waals surface area contributed by atoms with E-state index in [2.05, 4.69) is 20.7 Å². The second-order valence-corrected chi connectivity index (χ2v) is 8.17. The number of halogens is 2. The summed E-state index contributed by atoms with van der Waals surface area (Å²) in [6.45, 7) is 0.348. The van der Waals surface area contributed by atoms with Gasteiger partial charge in [-0.05, 0) is 46.6 Å². The Hall–Kier alpha value is -0.400. The monoisotopic (exact) mass is 379 g/mol. The van der Waals surface area contributed by atoms with Crippen LogP contribution in [0.2, 0.25) is 4.34 Å². The van der Waals surface area contributed by atoms with Crippen LogP contribution in [0.3, 0.4) is 0 Å². The number of thiophene rings is 1. The van der Waals surface area contributed by atoms with Gasteiger partial charge in [0.1, 0.15) is 0 Å². The molecule has 0 atom stereocenters. The maximum atomic E-state index is 12.1. The number of nitrogens with one attached hydrogen (secondary N) is 1. The lowest BCUT2D eigenvalue weighted by molar-refractivity contribution is 0.581. The number of hydrogen-bond acceptors (Lipinski definition) is 3. The minimum atomic E-state index is -3.48. The van der Waals surface area contributed by atoms with E-state index in [0.717, 1.165) is 4.88 Å². The van der Waals surface area contributed by atoms with E-state index in [0.29, 0.717) is 21.8 Å². The molecule has 0 fully saturated rings. The van der Waals surface area contributed by atoms with E-state index >= 15 is 0 Å². The molecule has 0 amide bonds. The molecular formula is C12H11BrClNO2S2. The van der Waals surface area contributed by atoms with Crippen molar-refractivity contribution in [3.63, 3.8) is 0 Å². The Morgan fingerprint density at radius 3 is 2.58 bits per heavy atom. The van der Waals surface area contributed by atoms with Crippen LogP contribution in [0.5, 0.6) is 0 Å². The summed E-state index contributed by atoms with van der Waals surface area (Å²) in [5, 5.41) is 0. The summed E-state index contributed by atoms with van der Waals surface area (Å²) in [4.78, 5) is 1.30. The minimum absolute atomic E-state index is 0.249. The van der Waals surface area contributed by atoms with Crippen molar-refractivity contribution in [2.45, 2.75) is 11.3 Å². The molecule has 1 aromatic carbocycles. The van der Waals surface area contributed by atoms with E-state index in [9.17, 15) is 8.42 Å². The van der Waals surface area contributed by atoms with Crippen molar-refractivity contribution >= 4 is 48.9 Å². The molecule has 3 nitrogen and oxygen atoms in total. The van der Waals surface area contributed by atoms with Gasteiger partial charge in [0.25, 0.3) is 0 Å². The van der Waals surface area contributed by atoms with Gasteiger partial charge in [-0.3, -0.25) is 0 Å². The molecule has 0 saturated heterocycles. The molecule has 0 aliphatic heterocycles. The molecule has 0 aliphatic rings. The zero-order chi connectivity index (χ0) is 13.9. The van der Waals surface area contributed by atoms with Crippen molar-refractivity contribution < 1.29 is 8.42 Å². The van der Waals surface area contributed by atoms with Crippen LogP contribution in [0.15, 0.2) is 45.8 Å². The molecule has 0 saturated carbocycles. The van der Waals surface area contributed by atoms with E-state index in [1.54, 1.807) is 24.3 Å². The first-order valence-electron chi connectivity index (χ1n) is 5.47. The lowest BCUT2D eigenvalue weighted by Crippen LogP contribution is -2.26. The van der Waals surface area contributed by atoms with Crippen LogP contribution < -0.4 is 4.72 Å². The highest BCUT2D eigenvalue weighted by atomic mass is 79.9. The normalized spacial score (nSPS) is 11.7. The zero-order valence-electron chi connectivity index (χ0n) is 9.77. The van der Waals surface area contributed by atoms with Crippen molar-refractivity contribution in [1.82, 2.24) is 4.72 Å². The summed E-state index contributed by atoms with van der Waals surface area (Å²) in [5.41, 5.74) is 0. The Morgan fingerprint density at radius 2 is 1.95 bits per heavy atom. The highest BCUT2D eigenvalue weighted by Gasteiger charge is 2.16. The fourth-order valence-corrected chi connectivity index (χ4v) is 4.66. The molecule has 0 spiro atoms. The average molecular weight is 381 g/mol. The third kappa shape index (κ3) is 4.03. The molecule has 0 bridgehead atoms. The van der Waals surface area contributed by atoms with E-state index in [4.69, 9.17) is 11.6 Å². The Kier molecular flexibility index (Phi) is 5.03. The van der Waals surface area contributed by atoms with Gasteiger partial charge < -0.3 is 0 Å². The molecule has 1 N–H and O–H groups in total. The topological polar surface area (TPSA) is 46.2 Å². The molecule has 7 heteroatoms. The predicted octanol–water partition coefficient (Wildman–Crippen LogP) is 3.69. The minimum Gasteiger partial charge on any atom is -0.211 e. The van der Waals surface area contributed by atoms with Crippen LogP contribution >= 0.6 is 38.9 Å². The second kappa shape index (κ2) is 6.37. The van der Waals surface area contributed by atoms with Crippen LogP contribution in [0, 0.1) is 0 Å². The molecule has 1 aromatic heterocycles. The molecule has 2 rings (SSSR count). The van der Waals surface area contributed by atoms with Crippen molar-refractivity contribution in [2.24, 2.45) is 0 Å². The van der Waals surface area contributed by atoms with Crippen LogP contribution in [0.4, 0.5) is 0 Å². The van der Waals surface area contributed by atoms with Gasteiger partial charge in [0.15, 0.2) is 0 Å². The molecule has 0 aliphatic carbocycles. The van der Waals surface area contributed by atoms with Crippen LogP contribution in [-0.2, 0) is 16.4 Å². The quantitative estimate of drug-likeness (QED) is 0.860. The third-order valence-electron chi connectivity index (χ3n) is 2.42. The Labute approximate surface area is 129 Å². The Bertz CT molecular complexity index is 670. The number of benzene rings is 1. The van der Waals surface area contributed by atoms with Crippen LogP contribution in [0.1, 0.15) is 4.88 Å². The second-order valence-electron chi connectivity index (χ2n) is 3.78. The van der Waals surface area contributed by atoms with Crippen molar-refractivity contribution in [2.75, 3.05) is 6.54 Å². The van der Waals surface area contributed by atoms with Crippen LogP contribution in [-0.4, -0.2) is 15.0 Å². The molecule has 19 heavy (non-hydrogen) atoms. The van der Waals surface area contributed by atoms with Gasteiger partial charge in [-0.2, -0.15) is 0 Å². The largest absolute Gasteiger partial charge is 0.241 e. The summed E-state index contributed by atoms with van der Waals surface area (Å²) in [7, 11) is -3.48. The molecule has 1 heterocycles. The fourth-order valence-electron chi connectivity index (χ4n) is 1.54. The standard InChI is InChI=1S/C12H11BrClNO2S2/c13-10-3-1-2-4-11(10)19(16,17)15-8-7-9-5-6-12(14)18-9/h1-6,15H,7-8H2. The van der Waals surface area contributed by atoms with E-state index in [-0.39, 0.29) is 4.90 Å². The first-order valence-corrected chi connectivity index (χ1v) is 8.94. The van der Waals surface area contributed by atoms with Crippen LogP contribution in [0.25, 0.3) is 0 Å². The number of sulfonamides is 1. The highest BCUT2D eigenvalue weighted by Crippen LogP contribution is 2.22. The average Bonchev–Trinajstić information content (AvgIpc) is 2.75. The SMILES string of the molecule is O=S(=O)(NCCc1ccc(Cl)s1)c1ccccc1Br. The van der Waals surface area contributed by atoms with Gasteiger partial charge in [-0.1, -0.05) is 23.7 Å². The van der Waals surface area contributed by atoms with E-state index in [1.165, 1.54) is 11.3 Å². The van der Waals surface area contributed by atoms with Gasteiger partial charge in [-0.15, -0.1) is 11.3 Å². The lowest BCUT2D eigenvalue weighted by Gasteiger charge is -2.07. The van der Waals surface area contributed by atoms with Crippen molar-refractivity contribution in [3.05, 3.63) is 50.1 Å². The van der Waals surface area contributed by atoms with Crippen molar-refractivity contribution in [1.29, 1.82) is 0 Å². The molecule has 2 aromatic rings. The first kappa shape index (κ1) is 15.0. The maximum Gasteiger partial charge on any atom is 0.241 e. The summed E-state index contributed by atoms with van der Waals surface area (Å²) in [6.07, 6.45) is 0.626. The smallest absolute Gasteiger partial charge is 0.211 e. The number of rotatable bonds is 5. The summed E-state index contributed by atoms with van der Waals surface area (Å²) < 4.78 is 28.0. The first-order chi connectivity index (χ1) is 8.99. The molecular weight excluding hydrogens is 370 g/mol. The molecule has 0 radical (unpaired) electrons. The van der Waals surface area contributed by atoms with E-state index in [1.807, 2.05) is 12.1 Å². The summed E-state index contributed by atoms with van der Waals surface area (Å²) in [6, 6.07) is 10.4. The van der Waals surface area contributed by atoms with Gasteiger partial charge in [0.2, 0.25) is 10.0 Å². The third-order valence-corrected chi connectivity index (χ3v) is 6.18. The highest BCUT2D eigenvalue weighted by molar-refractivity contribution is 9.10. The predicted molar refractivity (Wildman–Crippen MR) is 82.4 cm³/mol. The van der Waals surface area contributed by atoms with Gasteiger partial charge in [0, 0.05) is 15.9 Å². The molecule has 0 unspecified atom stereocenters. The lowest BCUT2D eigenvalue weighted by atomic mass is 10.3. The summed E-state index contributed by atoms with van der Waals surface area (Å²) >= 11 is 10.5. The van der Waals surface area contributed by atoms with Gasteiger partial charge >= 0.3 is 0 Å². The van der Waals surface area contributed by atoms with Gasteiger partial charge in [0.05, 0.1) is 9.23 Å². The summed E-state index contributed by atoms with van der Waals surface area (Å²) in [5.74, 6) is 0. The maximum absolute atomic E-state index is 12.1. The van der Waals surface area contributed by atoms with E-state index < -0.39 is 10.0 Å².